The summed E-state index contributed by atoms with van der Waals surface area (Å²) in [5, 5.41) is 6.12. The fourth-order valence-corrected chi connectivity index (χ4v) is 3.47. The van der Waals surface area contributed by atoms with E-state index in [1.54, 1.807) is 0 Å². The van der Waals surface area contributed by atoms with Gasteiger partial charge in [-0.15, -0.1) is 0 Å². The first kappa shape index (κ1) is 20.7. The Hall–Kier alpha value is -1.60. The van der Waals surface area contributed by atoms with Gasteiger partial charge in [0.2, 0.25) is 5.91 Å². The highest BCUT2D eigenvalue weighted by Crippen LogP contribution is 2.20. The third-order valence-corrected chi connectivity index (χ3v) is 5.20. The van der Waals surface area contributed by atoms with Crippen LogP contribution in [-0.4, -0.2) is 49.2 Å². The summed E-state index contributed by atoms with van der Waals surface area (Å²) in [4.78, 5) is 26.4. The zero-order chi connectivity index (χ0) is 19.1. The zero-order valence-electron chi connectivity index (χ0n) is 15.6. The normalized spacial score (nSPS) is 18.0. The smallest absolute Gasteiger partial charge is 0.407 e. The molecule has 26 heavy (non-hydrogen) atoms. The van der Waals surface area contributed by atoms with Crippen molar-refractivity contribution >= 4 is 27.9 Å². The summed E-state index contributed by atoms with van der Waals surface area (Å²) < 4.78 is 5.72. The van der Waals surface area contributed by atoms with Gasteiger partial charge in [0.1, 0.15) is 6.04 Å². The Morgan fingerprint density at radius 1 is 1.31 bits per heavy atom. The third-order valence-electron chi connectivity index (χ3n) is 4.67. The van der Waals surface area contributed by atoms with Crippen molar-refractivity contribution in [3.63, 3.8) is 0 Å². The third kappa shape index (κ3) is 5.71. The van der Waals surface area contributed by atoms with Gasteiger partial charge in [-0.2, -0.15) is 0 Å². The standard InChI is InChI=1S/C19H28BrN3O3/c1-13(2)17(22-19(25)26-3)18(24)23-10-4-5-16(23)12-21-11-14-6-8-15(20)9-7-14/h6-9,13,16-17,21H,4-5,10-12H2,1-3H3,(H,22,25). The van der Waals surface area contributed by atoms with Crippen molar-refractivity contribution in [1.82, 2.24) is 15.5 Å². The molecule has 0 aliphatic carbocycles. The van der Waals surface area contributed by atoms with Crippen LogP contribution >= 0.6 is 15.9 Å². The molecule has 1 fully saturated rings. The van der Waals surface area contributed by atoms with Gasteiger partial charge in [0, 0.05) is 30.1 Å². The number of nitrogens with zero attached hydrogens (tertiary/aromatic N) is 1. The fraction of sp³-hybridized carbons (Fsp3) is 0.579. The maximum atomic E-state index is 12.9. The minimum absolute atomic E-state index is 0.00132. The Morgan fingerprint density at radius 3 is 2.62 bits per heavy atom. The quantitative estimate of drug-likeness (QED) is 0.704. The maximum Gasteiger partial charge on any atom is 0.407 e. The molecule has 2 rings (SSSR count). The first-order chi connectivity index (χ1) is 12.4. The van der Waals surface area contributed by atoms with Crippen LogP contribution < -0.4 is 10.6 Å². The molecule has 1 saturated heterocycles. The van der Waals surface area contributed by atoms with Gasteiger partial charge >= 0.3 is 6.09 Å². The molecule has 1 aromatic rings. The van der Waals surface area contributed by atoms with Gasteiger partial charge < -0.3 is 20.3 Å². The van der Waals surface area contributed by atoms with Crippen molar-refractivity contribution in [2.75, 3.05) is 20.2 Å². The van der Waals surface area contributed by atoms with Crippen LogP contribution in [-0.2, 0) is 16.1 Å². The highest BCUT2D eigenvalue weighted by molar-refractivity contribution is 9.10. The predicted molar refractivity (Wildman–Crippen MR) is 105 cm³/mol. The Balaban J connectivity index is 1.91. The first-order valence-corrected chi connectivity index (χ1v) is 9.81. The Kier molecular flexibility index (Phi) is 7.90. The van der Waals surface area contributed by atoms with Crippen LogP contribution in [0, 0.1) is 5.92 Å². The lowest BCUT2D eigenvalue weighted by atomic mass is 10.0. The van der Waals surface area contributed by atoms with E-state index in [1.165, 1.54) is 12.7 Å². The van der Waals surface area contributed by atoms with Crippen LogP contribution in [0.2, 0.25) is 0 Å². The summed E-state index contributed by atoms with van der Waals surface area (Å²) in [6.07, 6.45) is 1.39. The number of nitrogens with one attached hydrogen (secondary N) is 2. The lowest BCUT2D eigenvalue weighted by Crippen LogP contribution is -2.53. The summed E-state index contributed by atoms with van der Waals surface area (Å²) in [5.41, 5.74) is 1.21. The number of methoxy groups -OCH3 is 1. The summed E-state index contributed by atoms with van der Waals surface area (Å²) >= 11 is 3.44. The number of amides is 2. The summed E-state index contributed by atoms with van der Waals surface area (Å²) in [6.45, 7) is 6.09. The van der Waals surface area contributed by atoms with Crippen LogP contribution in [0.25, 0.3) is 0 Å². The van der Waals surface area contributed by atoms with Gasteiger partial charge in [0.15, 0.2) is 0 Å². The molecule has 0 bridgehead atoms. The topological polar surface area (TPSA) is 70.7 Å². The molecule has 0 saturated carbocycles. The lowest BCUT2D eigenvalue weighted by molar-refractivity contribution is -0.135. The molecule has 1 aliphatic heterocycles. The van der Waals surface area contributed by atoms with Crippen molar-refractivity contribution in [2.24, 2.45) is 5.92 Å². The Bertz CT molecular complexity index is 607. The first-order valence-electron chi connectivity index (χ1n) is 9.02. The van der Waals surface area contributed by atoms with Crippen molar-refractivity contribution in [2.45, 2.75) is 45.3 Å². The molecule has 0 spiro atoms. The molecule has 144 valence electrons. The second-order valence-electron chi connectivity index (χ2n) is 6.94. The molecule has 2 unspecified atom stereocenters. The SMILES string of the molecule is COC(=O)NC(C(=O)N1CCCC1CNCc1ccc(Br)cc1)C(C)C. The van der Waals surface area contributed by atoms with Gasteiger partial charge in [-0.25, -0.2) is 4.79 Å². The number of alkyl carbamates (subject to hydrolysis) is 1. The van der Waals surface area contributed by atoms with E-state index >= 15 is 0 Å². The van der Waals surface area contributed by atoms with E-state index in [2.05, 4.69) is 43.4 Å². The molecule has 1 aromatic carbocycles. The second kappa shape index (κ2) is 9.92. The largest absolute Gasteiger partial charge is 0.453 e. The molecule has 1 heterocycles. The Labute approximate surface area is 163 Å². The maximum absolute atomic E-state index is 12.9. The molecule has 0 aromatic heterocycles. The van der Waals surface area contributed by atoms with Crippen molar-refractivity contribution < 1.29 is 14.3 Å². The summed E-state index contributed by atoms with van der Waals surface area (Å²) in [6, 6.07) is 7.78. The van der Waals surface area contributed by atoms with Crippen LogP contribution in [0.3, 0.4) is 0 Å². The number of likely N-dealkylation sites (tertiary alicyclic amines) is 1. The molecular weight excluding hydrogens is 398 g/mol. The van der Waals surface area contributed by atoms with Gasteiger partial charge in [0.05, 0.1) is 7.11 Å². The van der Waals surface area contributed by atoms with Crippen LogP contribution in [0.4, 0.5) is 4.79 Å². The number of carbonyl (C=O) groups excluding carboxylic acids is 2. The number of hydrogen-bond donors (Lipinski definition) is 2. The molecule has 1 aliphatic rings. The number of halogens is 1. The van der Waals surface area contributed by atoms with Gasteiger partial charge in [-0.3, -0.25) is 4.79 Å². The minimum atomic E-state index is -0.568. The average Bonchev–Trinajstić information content (AvgIpc) is 3.08. The summed E-state index contributed by atoms with van der Waals surface area (Å²) in [5.74, 6) is -0.0306. The fourth-order valence-electron chi connectivity index (χ4n) is 3.20. The van der Waals surface area contributed by atoms with Gasteiger partial charge in [-0.1, -0.05) is 41.9 Å². The van der Waals surface area contributed by atoms with E-state index in [-0.39, 0.29) is 17.9 Å². The molecule has 6 nitrogen and oxygen atoms in total. The van der Waals surface area contributed by atoms with E-state index in [0.717, 1.165) is 36.9 Å². The Morgan fingerprint density at radius 2 is 2.00 bits per heavy atom. The molecule has 2 N–H and O–H groups in total. The number of rotatable bonds is 7. The molecule has 2 amide bonds. The molecule has 7 heteroatoms. The monoisotopic (exact) mass is 425 g/mol. The van der Waals surface area contributed by atoms with Gasteiger partial charge in [0.25, 0.3) is 0 Å². The van der Waals surface area contributed by atoms with Crippen molar-refractivity contribution in [1.29, 1.82) is 0 Å². The molecular formula is C19H28BrN3O3. The highest BCUT2D eigenvalue weighted by Gasteiger charge is 2.35. The van der Waals surface area contributed by atoms with E-state index in [9.17, 15) is 9.59 Å². The highest BCUT2D eigenvalue weighted by atomic mass is 79.9. The zero-order valence-corrected chi connectivity index (χ0v) is 17.2. The predicted octanol–water partition coefficient (Wildman–Crippen LogP) is 2.91. The lowest BCUT2D eigenvalue weighted by Gasteiger charge is -2.31. The van der Waals surface area contributed by atoms with E-state index in [4.69, 9.17) is 0 Å². The van der Waals surface area contributed by atoms with Crippen molar-refractivity contribution in [3.05, 3.63) is 34.3 Å². The number of benzene rings is 1. The van der Waals surface area contributed by atoms with Crippen LogP contribution in [0.1, 0.15) is 32.3 Å². The van der Waals surface area contributed by atoms with E-state index in [0.29, 0.717) is 0 Å². The van der Waals surface area contributed by atoms with Gasteiger partial charge in [-0.05, 0) is 36.5 Å². The number of carbonyl (C=O) groups is 2. The number of hydrogen-bond acceptors (Lipinski definition) is 4. The average molecular weight is 426 g/mol. The van der Waals surface area contributed by atoms with Crippen LogP contribution in [0.15, 0.2) is 28.7 Å². The molecule has 2 atom stereocenters. The summed E-state index contributed by atoms with van der Waals surface area (Å²) in [7, 11) is 1.31. The van der Waals surface area contributed by atoms with Crippen LogP contribution in [0.5, 0.6) is 0 Å². The minimum Gasteiger partial charge on any atom is -0.453 e. The van der Waals surface area contributed by atoms with Crippen molar-refractivity contribution in [3.8, 4) is 0 Å². The van der Waals surface area contributed by atoms with E-state index < -0.39 is 12.1 Å². The number of ether oxygens (including phenoxy) is 1. The second-order valence-corrected chi connectivity index (χ2v) is 7.86. The molecule has 0 radical (unpaired) electrons. The van der Waals surface area contributed by atoms with E-state index in [1.807, 2.05) is 30.9 Å².